The number of carbonyl (C=O) groups excluding carboxylic acids is 1. The third kappa shape index (κ3) is 4.52. The van der Waals surface area contributed by atoms with Gasteiger partial charge in [0.05, 0.1) is 32.5 Å². The highest BCUT2D eigenvalue weighted by atomic mass is 16.5. The fourth-order valence-corrected chi connectivity index (χ4v) is 0.463. The van der Waals surface area contributed by atoms with Gasteiger partial charge in [-0.15, -0.1) is 0 Å². The maximum Gasteiger partial charge on any atom is 0.335 e. The minimum atomic E-state index is -0.483. The van der Waals surface area contributed by atoms with Crippen LogP contribution < -0.4 is 0 Å². The molecule has 0 aliphatic heterocycles. The highest BCUT2D eigenvalue weighted by molar-refractivity contribution is 5.87. The van der Waals surface area contributed by atoms with Crippen LogP contribution in [-0.4, -0.2) is 38.0 Å². The normalized spacial score (nSPS) is 9.27. The first-order valence-corrected chi connectivity index (χ1v) is 3.17. The standard InChI is InChI=1S/C7H12O4/c1-6(7(9)10-2)5-11-4-3-8/h8H,1,3-5H2,2H3. The predicted octanol–water partition coefficient (Wildman–Crippen LogP) is -0.276. The van der Waals surface area contributed by atoms with E-state index in [1.807, 2.05) is 0 Å². The summed E-state index contributed by atoms with van der Waals surface area (Å²) in [6, 6.07) is 0. The number of carbonyl (C=O) groups is 1. The molecule has 0 aromatic heterocycles. The van der Waals surface area contributed by atoms with E-state index in [4.69, 9.17) is 9.84 Å². The predicted molar refractivity (Wildman–Crippen MR) is 39.1 cm³/mol. The molecule has 0 saturated carbocycles. The Bertz CT molecular complexity index is 141. The van der Waals surface area contributed by atoms with E-state index in [1.54, 1.807) is 0 Å². The summed E-state index contributed by atoms with van der Waals surface area (Å²) in [6.45, 7) is 3.66. The van der Waals surface area contributed by atoms with Crippen LogP contribution in [0.25, 0.3) is 0 Å². The number of methoxy groups -OCH3 is 1. The van der Waals surface area contributed by atoms with Crippen molar-refractivity contribution in [2.45, 2.75) is 0 Å². The molecule has 0 rings (SSSR count). The molecule has 0 atom stereocenters. The summed E-state index contributed by atoms with van der Waals surface area (Å²) >= 11 is 0. The summed E-state index contributed by atoms with van der Waals surface area (Å²) < 4.78 is 9.18. The van der Waals surface area contributed by atoms with Gasteiger partial charge in [-0.3, -0.25) is 0 Å². The van der Waals surface area contributed by atoms with Crippen molar-refractivity contribution in [1.29, 1.82) is 0 Å². The van der Waals surface area contributed by atoms with Crippen LogP contribution in [0, 0.1) is 0 Å². The Balaban J connectivity index is 3.44. The zero-order valence-electron chi connectivity index (χ0n) is 6.50. The third-order valence-corrected chi connectivity index (χ3v) is 0.986. The molecular formula is C7H12O4. The van der Waals surface area contributed by atoms with Crippen LogP contribution in [0.5, 0.6) is 0 Å². The number of aliphatic hydroxyl groups excluding tert-OH is 1. The summed E-state index contributed by atoms with van der Waals surface area (Å²) in [5, 5.41) is 8.30. The van der Waals surface area contributed by atoms with E-state index >= 15 is 0 Å². The Labute approximate surface area is 65.4 Å². The highest BCUT2D eigenvalue weighted by Crippen LogP contribution is 1.93. The van der Waals surface area contributed by atoms with Gasteiger partial charge in [0.25, 0.3) is 0 Å². The van der Waals surface area contributed by atoms with Gasteiger partial charge in [0, 0.05) is 0 Å². The topological polar surface area (TPSA) is 55.8 Å². The van der Waals surface area contributed by atoms with E-state index in [2.05, 4.69) is 11.3 Å². The van der Waals surface area contributed by atoms with Gasteiger partial charge in [-0.05, 0) is 0 Å². The van der Waals surface area contributed by atoms with Crippen molar-refractivity contribution in [1.82, 2.24) is 0 Å². The number of hydrogen-bond acceptors (Lipinski definition) is 4. The molecule has 0 heterocycles. The largest absolute Gasteiger partial charge is 0.466 e. The van der Waals surface area contributed by atoms with E-state index in [9.17, 15) is 4.79 Å². The molecule has 0 aliphatic carbocycles. The van der Waals surface area contributed by atoms with Gasteiger partial charge in [0.1, 0.15) is 0 Å². The number of rotatable bonds is 5. The number of esters is 1. The molecule has 0 aliphatic rings. The van der Waals surface area contributed by atoms with E-state index in [1.165, 1.54) is 7.11 Å². The molecule has 0 aromatic carbocycles. The smallest absolute Gasteiger partial charge is 0.335 e. The zero-order valence-corrected chi connectivity index (χ0v) is 6.50. The second-order valence-electron chi connectivity index (χ2n) is 1.87. The Hall–Kier alpha value is -0.870. The van der Waals surface area contributed by atoms with Crippen LogP contribution in [0.2, 0.25) is 0 Å². The molecule has 0 spiro atoms. The van der Waals surface area contributed by atoms with Crippen molar-refractivity contribution in [3.63, 3.8) is 0 Å². The zero-order chi connectivity index (χ0) is 8.69. The average molecular weight is 160 g/mol. The lowest BCUT2D eigenvalue weighted by Crippen LogP contribution is -2.11. The van der Waals surface area contributed by atoms with Crippen molar-refractivity contribution >= 4 is 5.97 Å². The van der Waals surface area contributed by atoms with Gasteiger partial charge in [0.15, 0.2) is 0 Å². The molecule has 0 fully saturated rings. The van der Waals surface area contributed by atoms with Gasteiger partial charge < -0.3 is 14.6 Å². The second-order valence-corrected chi connectivity index (χ2v) is 1.87. The quantitative estimate of drug-likeness (QED) is 0.341. The lowest BCUT2D eigenvalue weighted by atomic mass is 10.3. The van der Waals surface area contributed by atoms with Gasteiger partial charge in [-0.2, -0.15) is 0 Å². The number of ether oxygens (including phenoxy) is 2. The van der Waals surface area contributed by atoms with Crippen molar-refractivity contribution in [2.75, 3.05) is 26.9 Å². The number of hydrogen-bond donors (Lipinski definition) is 1. The molecule has 0 unspecified atom stereocenters. The molecule has 0 radical (unpaired) electrons. The van der Waals surface area contributed by atoms with Gasteiger partial charge in [-0.25, -0.2) is 4.79 Å². The van der Waals surface area contributed by atoms with Gasteiger partial charge in [0.2, 0.25) is 0 Å². The first kappa shape index (κ1) is 10.1. The van der Waals surface area contributed by atoms with Crippen LogP contribution in [0.15, 0.2) is 12.2 Å². The molecule has 64 valence electrons. The fourth-order valence-electron chi connectivity index (χ4n) is 0.463. The van der Waals surface area contributed by atoms with Crippen LogP contribution >= 0.6 is 0 Å². The van der Waals surface area contributed by atoms with E-state index < -0.39 is 5.97 Å². The maximum atomic E-state index is 10.6. The molecular weight excluding hydrogens is 148 g/mol. The minimum absolute atomic E-state index is 0.0611. The second kappa shape index (κ2) is 5.88. The molecule has 4 nitrogen and oxygen atoms in total. The third-order valence-electron chi connectivity index (χ3n) is 0.986. The molecule has 4 heteroatoms. The Morgan fingerprint density at radius 1 is 1.64 bits per heavy atom. The monoisotopic (exact) mass is 160 g/mol. The highest BCUT2D eigenvalue weighted by Gasteiger charge is 2.05. The van der Waals surface area contributed by atoms with Crippen molar-refractivity contribution in [3.05, 3.63) is 12.2 Å². The molecule has 11 heavy (non-hydrogen) atoms. The first-order chi connectivity index (χ1) is 5.22. The summed E-state index contributed by atoms with van der Waals surface area (Å²) in [5.74, 6) is -0.483. The summed E-state index contributed by atoms with van der Waals surface area (Å²) in [4.78, 5) is 10.6. The summed E-state index contributed by atoms with van der Waals surface area (Å²) in [7, 11) is 1.28. The number of aliphatic hydroxyl groups is 1. The molecule has 0 aromatic rings. The van der Waals surface area contributed by atoms with Crippen LogP contribution in [-0.2, 0) is 14.3 Å². The van der Waals surface area contributed by atoms with E-state index in [-0.39, 0.29) is 25.4 Å². The fraction of sp³-hybridized carbons (Fsp3) is 0.571. The molecule has 0 saturated heterocycles. The Morgan fingerprint density at radius 3 is 2.73 bits per heavy atom. The van der Waals surface area contributed by atoms with Crippen molar-refractivity contribution < 1.29 is 19.4 Å². The van der Waals surface area contributed by atoms with E-state index in [0.717, 1.165) is 0 Å². The summed E-state index contributed by atoms with van der Waals surface area (Å²) in [6.07, 6.45) is 0. The molecule has 1 N–H and O–H groups in total. The first-order valence-electron chi connectivity index (χ1n) is 3.17. The van der Waals surface area contributed by atoms with Gasteiger partial charge in [-0.1, -0.05) is 6.58 Å². The van der Waals surface area contributed by atoms with Crippen molar-refractivity contribution in [3.8, 4) is 0 Å². The lowest BCUT2D eigenvalue weighted by molar-refractivity contribution is -0.136. The maximum absolute atomic E-state index is 10.6. The molecule has 0 amide bonds. The average Bonchev–Trinajstić information content (AvgIpc) is 2.03. The van der Waals surface area contributed by atoms with Crippen molar-refractivity contribution in [2.24, 2.45) is 0 Å². The SMILES string of the molecule is C=C(COCCO)C(=O)OC. The summed E-state index contributed by atoms with van der Waals surface area (Å²) in [5.41, 5.74) is 0.251. The Morgan fingerprint density at radius 2 is 2.27 bits per heavy atom. The van der Waals surface area contributed by atoms with Crippen LogP contribution in [0.4, 0.5) is 0 Å². The van der Waals surface area contributed by atoms with Crippen LogP contribution in [0.3, 0.4) is 0 Å². The van der Waals surface area contributed by atoms with E-state index in [0.29, 0.717) is 0 Å². The lowest BCUT2D eigenvalue weighted by Gasteiger charge is -2.02. The van der Waals surface area contributed by atoms with Gasteiger partial charge >= 0.3 is 5.97 Å². The minimum Gasteiger partial charge on any atom is -0.466 e. The van der Waals surface area contributed by atoms with Crippen LogP contribution in [0.1, 0.15) is 0 Å². The molecule has 0 bridgehead atoms. The Kier molecular flexibility index (Phi) is 5.42.